The zero-order chi connectivity index (χ0) is 18.3. The smallest absolute Gasteiger partial charge is 0.102 e. The summed E-state index contributed by atoms with van der Waals surface area (Å²) in [5, 5.41) is 0. The normalized spacial score (nSPS) is 14.7. The van der Waals surface area contributed by atoms with Crippen LogP contribution < -0.4 is 0 Å². The van der Waals surface area contributed by atoms with E-state index in [2.05, 4.69) is 20.9 Å². The van der Waals surface area contributed by atoms with Gasteiger partial charge in [-0.25, -0.2) is 8.42 Å². The van der Waals surface area contributed by atoms with Crippen molar-refractivity contribution in [1.82, 2.24) is 0 Å². The van der Waals surface area contributed by atoms with Gasteiger partial charge in [0.2, 0.25) is 0 Å². The Labute approximate surface area is 148 Å². The van der Waals surface area contributed by atoms with E-state index < -0.39 is 10.1 Å². The minimum Gasteiger partial charge on any atom is -0.748 e. The number of hydrogen-bond acceptors (Lipinski definition) is 5. The van der Waals surface area contributed by atoms with Crippen LogP contribution in [0.3, 0.4) is 0 Å². The maximum absolute atomic E-state index is 10.8. The predicted molar refractivity (Wildman–Crippen MR) is 96.0 cm³/mol. The van der Waals surface area contributed by atoms with E-state index in [0.29, 0.717) is 32.8 Å². The molecule has 7 heteroatoms. The van der Waals surface area contributed by atoms with E-state index in [1.54, 1.807) is 0 Å². The summed E-state index contributed by atoms with van der Waals surface area (Å²) in [4.78, 5) is 0. The van der Waals surface area contributed by atoms with Gasteiger partial charge in [0.25, 0.3) is 0 Å². The van der Waals surface area contributed by atoms with Crippen molar-refractivity contribution in [2.75, 3.05) is 58.9 Å². The van der Waals surface area contributed by atoms with Crippen LogP contribution in [0.4, 0.5) is 0 Å². The first-order valence-corrected chi connectivity index (χ1v) is 10.8. The lowest BCUT2D eigenvalue weighted by Crippen LogP contribution is -2.48. The molecular weight excluding hydrogens is 330 g/mol. The second-order valence-electron chi connectivity index (χ2n) is 6.69. The van der Waals surface area contributed by atoms with E-state index in [9.17, 15) is 13.0 Å². The quantitative estimate of drug-likeness (QED) is 0.224. The first-order chi connectivity index (χ1) is 11.3. The zero-order valence-electron chi connectivity index (χ0n) is 15.8. The number of hydrogen-bond donors (Lipinski definition) is 0. The van der Waals surface area contributed by atoms with E-state index in [1.165, 1.54) is 19.3 Å². The van der Waals surface area contributed by atoms with Gasteiger partial charge in [0.15, 0.2) is 0 Å². The molecule has 0 rings (SSSR count). The van der Waals surface area contributed by atoms with Gasteiger partial charge in [-0.15, -0.1) is 0 Å². The third-order valence-corrected chi connectivity index (χ3v) is 4.93. The molecule has 0 saturated heterocycles. The highest BCUT2D eigenvalue weighted by Crippen LogP contribution is 2.10. The maximum atomic E-state index is 10.8. The molecule has 0 heterocycles. The number of rotatable bonds is 17. The van der Waals surface area contributed by atoms with Crippen LogP contribution in [0.2, 0.25) is 0 Å². The molecule has 0 fully saturated rings. The van der Waals surface area contributed by atoms with Gasteiger partial charge < -0.3 is 18.5 Å². The number of ether oxygens (including phenoxy) is 2. The second-order valence-corrected chi connectivity index (χ2v) is 8.21. The van der Waals surface area contributed by atoms with Gasteiger partial charge >= 0.3 is 0 Å². The van der Waals surface area contributed by atoms with Gasteiger partial charge in [-0.2, -0.15) is 0 Å². The summed E-state index contributed by atoms with van der Waals surface area (Å²) in [7, 11) is -2.00. The molecule has 0 saturated carbocycles. The average molecular weight is 368 g/mol. The monoisotopic (exact) mass is 367 g/mol. The molecular formula is C17H37NO5S. The first kappa shape index (κ1) is 23.8. The van der Waals surface area contributed by atoms with Gasteiger partial charge in [0.1, 0.15) is 6.54 Å². The number of unbranched alkanes of at least 4 members (excludes halogenated alkanes) is 3. The van der Waals surface area contributed by atoms with Gasteiger partial charge in [0.05, 0.1) is 50.1 Å². The third-order valence-electron chi connectivity index (χ3n) is 4.14. The fraction of sp³-hybridized carbons (Fsp3) is 1.00. The van der Waals surface area contributed by atoms with Crippen LogP contribution in [-0.4, -0.2) is 76.3 Å². The molecule has 0 amide bonds. The Morgan fingerprint density at radius 3 is 2.00 bits per heavy atom. The topological polar surface area (TPSA) is 75.7 Å². The molecule has 1 atom stereocenters. The van der Waals surface area contributed by atoms with Crippen LogP contribution in [0, 0.1) is 0 Å². The maximum Gasteiger partial charge on any atom is 0.102 e. The summed E-state index contributed by atoms with van der Waals surface area (Å²) in [6, 6.07) is 0. The number of nitrogens with zero attached hydrogens (tertiary/aromatic N) is 1. The van der Waals surface area contributed by atoms with E-state index in [-0.39, 0.29) is 5.75 Å². The fourth-order valence-electron chi connectivity index (χ4n) is 2.63. The Hall–Kier alpha value is -0.210. The highest BCUT2D eigenvalue weighted by atomic mass is 32.2. The lowest BCUT2D eigenvalue weighted by atomic mass is 10.2. The molecule has 1 unspecified atom stereocenters. The molecule has 0 aliphatic rings. The van der Waals surface area contributed by atoms with Gasteiger partial charge in [-0.1, -0.05) is 26.7 Å². The fourth-order valence-corrected chi connectivity index (χ4v) is 3.11. The van der Waals surface area contributed by atoms with Crippen molar-refractivity contribution in [3.63, 3.8) is 0 Å². The van der Waals surface area contributed by atoms with Gasteiger partial charge in [-0.05, 0) is 19.3 Å². The molecule has 0 aliphatic carbocycles. The Morgan fingerprint density at radius 1 is 0.792 bits per heavy atom. The highest BCUT2D eigenvalue weighted by molar-refractivity contribution is 7.85. The van der Waals surface area contributed by atoms with Crippen molar-refractivity contribution in [3.05, 3.63) is 0 Å². The largest absolute Gasteiger partial charge is 0.748 e. The Morgan fingerprint density at radius 2 is 1.42 bits per heavy atom. The van der Waals surface area contributed by atoms with Crippen LogP contribution in [0.25, 0.3) is 0 Å². The van der Waals surface area contributed by atoms with Gasteiger partial charge in [-0.3, -0.25) is 0 Å². The van der Waals surface area contributed by atoms with Crippen molar-refractivity contribution in [1.29, 1.82) is 0 Å². The number of quaternary nitrogens is 1. The second kappa shape index (κ2) is 14.0. The molecule has 0 aromatic carbocycles. The van der Waals surface area contributed by atoms with Crippen molar-refractivity contribution >= 4 is 10.1 Å². The molecule has 146 valence electrons. The van der Waals surface area contributed by atoms with Crippen LogP contribution in [0.1, 0.15) is 52.4 Å². The highest BCUT2D eigenvalue weighted by Gasteiger charge is 2.21. The van der Waals surface area contributed by atoms with Gasteiger partial charge in [0, 0.05) is 18.8 Å². The van der Waals surface area contributed by atoms with Crippen molar-refractivity contribution < 1.29 is 26.9 Å². The SMILES string of the molecule is CCCCCC[N+](C)(CCCS(=O)(=O)[O-])CCOCCOCCC. The Bertz CT molecular complexity index is 388. The summed E-state index contributed by atoms with van der Waals surface area (Å²) in [5.41, 5.74) is 0. The molecule has 0 bridgehead atoms. The summed E-state index contributed by atoms with van der Waals surface area (Å²) < 4.78 is 44.2. The average Bonchev–Trinajstić information content (AvgIpc) is 2.50. The molecule has 0 aromatic rings. The summed E-state index contributed by atoms with van der Waals surface area (Å²) >= 11 is 0. The van der Waals surface area contributed by atoms with E-state index in [1.807, 2.05) is 0 Å². The molecule has 0 aromatic heterocycles. The molecule has 24 heavy (non-hydrogen) atoms. The van der Waals surface area contributed by atoms with E-state index in [4.69, 9.17) is 9.47 Å². The van der Waals surface area contributed by atoms with Crippen molar-refractivity contribution in [2.24, 2.45) is 0 Å². The number of likely N-dealkylation sites (N-methyl/N-ethyl adjacent to an activating group) is 1. The Kier molecular flexibility index (Phi) is 13.9. The van der Waals surface area contributed by atoms with E-state index >= 15 is 0 Å². The van der Waals surface area contributed by atoms with Crippen LogP contribution in [0.5, 0.6) is 0 Å². The lowest BCUT2D eigenvalue weighted by Gasteiger charge is -2.35. The summed E-state index contributed by atoms with van der Waals surface area (Å²) in [6.07, 6.45) is 6.15. The summed E-state index contributed by atoms with van der Waals surface area (Å²) in [5.74, 6) is -0.276. The molecule has 6 nitrogen and oxygen atoms in total. The molecule has 0 N–H and O–H groups in total. The van der Waals surface area contributed by atoms with E-state index in [0.717, 1.165) is 37.0 Å². The standard InChI is InChI=1S/C17H37NO5S/c1-4-6-7-8-10-18(3,11-9-17-24(19,20)21)12-14-23-16-15-22-13-5-2/h4-17H2,1-3H3. The first-order valence-electron chi connectivity index (χ1n) is 9.25. The zero-order valence-corrected chi connectivity index (χ0v) is 16.6. The minimum absolute atomic E-state index is 0.276. The molecule has 0 aliphatic heterocycles. The third kappa shape index (κ3) is 15.3. The van der Waals surface area contributed by atoms with Crippen molar-refractivity contribution in [3.8, 4) is 0 Å². The Balaban J connectivity index is 4.14. The summed E-state index contributed by atoms with van der Waals surface area (Å²) in [6.45, 7) is 9.37. The minimum atomic E-state index is -4.12. The molecule has 0 spiro atoms. The van der Waals surface area contributed by atoms with Crippen LogP contribution in [-0.2, 0) is 19.6 Å². The van der Waals surface area contributed by atoms with Crippen molar-refractivity contribution in [2.45, 2.75) is 52.4 Å². The van der Waals surface area contributed by atoms with Crippen LogP contribution in [0.15, 0.2) is 0 Å². The van der Waals surface area contributed by atoms with Crippen LogP contribution >= 0.6 is 0 Å². The predicted octanol–water partition coefficient (Wildman–Crippen LogP) is 2.39. The molecule has 0 radical (unpaired) electrons. The lowest BCUT2D eigenvalue weighted by molar-refractivity contribution is -0.910.